The molecule has 1 fully saturated rings. The molecule has 2 N–H and O–H groups in total. The van der Waals surface area contributed by atoms with Crippen LogP contribution in [0.3, 0.4) is 0 Å². The van der Waals surface area contributed by atoms with Crippen molar-refractivity contribution < 1.29 is 0 Å². The van der Waals surface area contributed by atoms with Gasteiger partial charge in [0.15, 0.2) is 0 Å². The van der Waals surface area contributed by atoms with Crippen molar-refractivity contribution >= 4 is 0 Å². The highest BCUT2D eigenvalue weighted by Crippen LogP contribution is 2.33. The molecule has 0 saturated heterocycles. The van der Waals surface area contributed by atoms with Crippen LogP contribution in [0.25, 0.3) is 0 Å². The third-order valence-corrected chi connectivity index (χ3v) is 3.39. The molecule has 2 unspecified atom stereocenters. The summed E-state index contributed by atoms with van der Waals surface area (Å²) in [6.07, 6.45) is 9.10. The lowest BCUT2D eigenvalue weighted by molar-refractivity contribution is 0.242. The van der Waals surface area contributed by atoms with Crippen LogP contribution in [0.2, 0.25) is 0 Å². The van der Waals surface area contributed by atoms with E-state index < -0.39 is 0 Å². The van der Waals surface area contributed by atoms with Gasteiger partial charge in [0.05, 0.1) is 6.33 Å². The monoisotopic (exact) mass is 193 g/mol. The maximum Gasteiger partial charge on any atom is 0.0950 e. The molecule has 1 heterocycles. The first-order valence-corrected chi connectivity index (χ1v) is 5.51. The summed E-state index contributed by atoms with van der Waals surface area (Å²) in [5.74, 6) is 0.650. The van der Waals surface area contributed by atoms with E-state index in [2.05, 4.69) is 16.5 Å². The van der Waals surface area contributed by atoms with Gasteiger partial charge in [0.2, 0.25) is 0 Å². The first-order valence-electron chi connectivity index (χ1n) is 5.51. The summed E-state index contributed by atoms with van der Waals surface area (Å²) in [6, 6.07) is 0.594. The van der Waals surface area contributed by atoms with Crippen molar-refractivity contribution in [3.05, 3.63) is 18.2 Å². The molecule has 0 spiro atoms. The lowest BCUT2D eigenvalue weighted by Gasteiger charge is -2.32. The fourth-order valence-electron chi connectivity index (χ4n) is 2.55. The van der Waals surface area contributed by atoms with Crippen molar-refractivity contribution in [3.63, 3.8) is 0 Å². The Kier molecular flexibility index (Phi) is 2.87. The first kappa shape index (κ1) is 9.71. The van der Waals surface area contributed by atoms with Crippen LogP contribution in [0, 0.1) is 12.8 Å². The molecule has 0 aromatic carbocycles. The molecule has 2 rings (SSSR count). The van der Waals surface area contributed by atoms with Crippen molar-refractivity contribution in [1.29, 1.82) is 0 Å². The van der Waals surface area contributed by atoms with Gasteiger partial charge in [-0.1, -0.05) is 12.8 Å². The fraction of sp³-hybridized carbons (Fsp3) is 0.727. The Balaban J connectivity index is 2.19. The number of aromatic nitrogens is 2. The zero-order valence-electron chi connectivity index (χ0n) is 8.82. The highest BCUT2D eigenvalue weighted by atomic mass is 15.1. The van der Waals surface area contributed by atoms with Gasteiger partial charge in [0.1, 0.15) is 0 Å². The second kappa shape index (κ2) is 4.13. The number of hydrogen-bond acceptors (Lipinski definition) is 2. The van der Waals surface area contributed by atoms with E-state index in [1.54, 1.807) is 0 Å². The van der Waals surface area contributed by atoms with E-state index in [9.17, 15) is 0 Å². The normalized spacial score (nSPS) is 27.9. The van der Waals surface area contributed by atoms with Crippen LogP contribution in [-0.2, 0) is 0 Å². The Morgan fingerprint density at radius 1 is 1.50 bits per heavy atom. The zero-order chi connectivity index (χ0) is 9.97. The van der Waals surface area contributed by atoms with Gasteiger partial charge in [0.25, 0.3) is 0 Å². The molecule has 0 aliphatic heterocycles. The van der Waals surface area contributed by atoms with Crippen molar-refractivity contribution in [3.8, 4) is 0 Å². The molecule has 2 atom stereocenters. The predicted molar refractivity (Wildman–Crippen MR) is 57.0 cm³/mol. The van der Waals surface area contributed by atoms with E-state index in [1.165, 1.54) is 31.4 Å². The first-order chi connectivity index (χ1) is 6.83. The van der Waals surface area contributed by atoms with Crippen molar-refractivity contribution in [1.82, 2.24) is 9.55 Å². The third kappa shape index (κ3) is 1.69. The van der Waals surface area contributed by atoms with E-state index in [4.69, 9.17) is 5.73 Å². The van der Waals surface area contributed by atoms with E-state index in [0.717, 1.165) is 6.54 Å². The topological polar surface area (TPSA) is 43.8 Å². The minimum Gasteiger partial charge on any atom is -0.332 e. The van der Waals surface area contributed by atoms with Gasteiger partial charge in [-0.05, 0) is 32.2 Å². The molecule has 1 aliphatic rings. The molecule has 1 aromatic heterocycles. The predicted octanol–water partition coefficient (Wildman–Crippen LogP) is 1.88. The largest absolute Gasteiger partial charge is 0.332 e. The number of nitrogens with zero attached hydrogens (tertiary/aromatic N) is 2. The highest BCUT2D eigenvalue weighted by Gasteiger charge is 2.25. The lowest BCUT2D eigenvalue weighted by atomic mass is 9.84. The second-order valence-electron chi connectivity index (χ2n) is 4.29. The van der Waals surface area contributed by atoms with Crippen LogP contribution in [0.15, 0.2) is 12.5 Å². The summed E-state index contributed by atoms with van der Waals surface area (Å²) < 4.78 is 2.30. The van der Waals surface area contributed by atoms with E-state index >= 15 is 0 Å². The lowest BCUT2D eigenvalue weighted by Crippen LogP contribution is -2.29. The van der Waals surface area contributed by atoms with Crippen LogP contribution in [0.1, 0.15) is 37.4 Å². The third-order valence-electron chi connectivity index (χ3n) is 3.39. The summed E-state index contributed by atoms with van der Waals surface area (Å²) in [7, 11) is 0. The number of aryl methyl sites for hydroxylation is 1. The molecule has 0 bridgehead atoms. The second-order valence-corrected chi connectivity index (χ2v) is 4.29. The minimum absolute atomic E-state index is 0.594. The minimum atomic E-state index is 0.594. The maximum absolute atomic E-state index is 5.82. The van der Waals surface area contributed by atoms with Crippen molar-refractivity contribution in [2.24, 2.45) is 11.7 Å². The Bertz CT molecular complexity index is 292. The maximum atomic E-state index is 5.82. The van der Waals surface area contributed by atoms with Crippen molar-refractivity contribution in [2.75, 3.05) is 6.54 Å². The zero-order valence-corrected chi connectivity index (χ0v) is 8.82. The van der Waals surface area contributed by atoms with Crippen LogP contribution in [-0.4, -0.2) is 16.1 Å². The molecule has 1 aliphatic carbocycles. The Labute approximate surface area is 85.3 Å². The van der Waals surface area contributed by atoms with Gasteiger partial charge < -0.3 is 10.3 Å². The van der Waals surface area contributed by atoms with Gasteiger partial charge >= 0.3 is 0 Å². The van der Waals surface area contributed by atoms with Gasteiger partial charge in [-0.2, -0.15) is 0 Å². The average Bonchev–Trinajstić information content (AvgIpc) is 2.64. The molecule has 1 saturated carbocycles. The molecular weight excluding hydrogens is 174 g/mol. The summed E-state index contributed by atoms with van der Waals surface area (Å²) in [5, 5.41) is 0. The van der Waals surface area contributed by atoms with E-state index in [1.807, 2.05) is 12.5 Å². The molecule has 3 nitrogen and oxygen atoms in total. The fourth-order valence-corrected chi connectivity index (χ4v) is 2.55. The van der Waals surface area contributed by atoms with Crippen molar-refractivity contribution in [2.45, 2.75) is 38.6 Å². The molecule has 1 aromatic rings. The highest BCUT2D eigenvalue weighted by molar-refractivity contribution is 4.98. The summed E-state index contributed by atoms with van der Waals surface area (Å²) in [4.78, 5) is 4.19. The number of hydrogen-bond donors (Lipinski definition) is 1. The van der Waals surface area contributed by atoms with Crippen LogP contribution < -0.4 is 5.73 Å². The molecular formula is C11H19N3. The van der Waals surface area contributed by atoms with Gasteiger partial charge in [-0.3, -0.25) is 0 Å². The van der Waals surface area contributed by atoms with Gasteiger partial charge in [-0.15, -0.1) is 0 Å². The standard InChI is InChI=1S/C11H19N3/c1-9-7-13-8-14(9)11-5-3-2-4-10(11)6-12/h7-8,10-11H,2-6,12H2,1H3. The smallest absolute Gasteiger partial charge is 0.0950 e. The van der Waals surface area contributed by atoms with Gasteiger partial charge in [0, 0.05) is 17.9 Å². The number of rotatable bonds is 2. The molecule has 0 radical (unpaired) electrons. The summed E-state index contributed by atoms with van der Waals surface area (Å²) in [5.41, 5.74) is 7.08. The average molecular weight is 193 g/mol. The van der Waals surface area contributed by atoms with E-state index in [0.29, 0.717) is 12.0 Å². The van der Waals surface area contributed by atoms with Crippen LogP contribution >= 0.6 is 0 Å². The number of imidazole rings is 1. The quantitative estimate of drug-likeness (QED) is 0.779. The van der Waals surface area contributed by atoms with Crippen LogP contribution in [0.5, 0.6) is 0 Å². The molecule has 14 heavy (non-hydrogen) atoms. The molecule has 3 heteroatoms. The Hall–Kier alpha value is -0.830. The summed E-state index contributed by atoms with van der Waals surface area (Å²) in [6.45, 7) is 2.93. The molecule has 0 amide bonds. The van der Waals surface area contributed by atoms with Crippen LogP contribution in [0.4, 0.5) is 0 Å². The molecule has 78 valence electrons. The SMILES string of the molecule is Cc1cncn1C1CCCCC1CN. The number of nitrogens with two attached hydrogens (primary N) is 1. The summed E-state index contributed by atoms with van der Waals surface area (Å²) >= 11 is 0. The Morgan fingerprint density at radius 2 is 2.29 bits per heavy atom. The van der Waals surface area contributed by atoms with Gasteiger partial charge in [-0.25, -0.2) is 4.98 Å². The van der Waals surface area contributed by atoms with E-state index in [-0.39, 0.29) is 0 Å². The Morgan fingerprint density at radius 3 is 2.93 bits per heavy atom.